The summed E-state index contributed by atoms with van der Waals surface area (Å²) >= 11 is 3.60. The highest BCUT2D eigenvalue weighted by molar-refractivity contribution is 9.10. The second kappa shape index (κ2) is 5.34. The largest absolute Gasteiger partial charge is 0.330 e. The molecule has 0 saturated heterocycles. The van der Waals surface area contributed by atoms with Crippen LogP contribution in [0.3, 0.4) is 0 Å². The number of pyridine rings is 1. The van der Waals surface area contributed by atoms with Crippen LogP contribution in [0.4, 0.5) is 0 Å². The van der Waals surface area contributed by atoms with Gasteiger partial charge in [-0.15, -0.1) is 0 Å². The first-order valence-electron chi connectivity index (χ1n) is 6.49. The Morgan fingerprint density at radius 3 is 2.85 bits per heavy atom. The summed E-state index contributed by atoms with van der Waals surface area (Å²) in [6.45, 7) is 2.58. The minimum Gasteiger partial charge on any atom is -0.330 e. The van der Waals surface area contributed by atoms with Gasteiger partial charge in [0.05, 0.1) is 15.5 Å². The minimum absolute atomic E-state index is 0.562. The molecule has 2 aromatic heterocycles. The summed E-state index contributed by atoms with van der Waals surface area (Å²) < 4.78 is 3.03. The Kier molecular flexibility index (Phi) is 3.54. The van der Waals surface area contributed by atoms with Crippen LogP contribution in [-0.4, -0.2) is 21.1 Å². The van der Waals surface area contributed by atoms with Gasteiger partial charge in [0.1, 0.15) is 5.82 Å². The number of hydrogen-bond acceptors (Lipinski definition) is 3. The summed E-state index contributed by atoms with van der Waals surface area (Å²) in [5.41, 5.74) is 8.83. The molecule has 0 unspecified atom stereocenters. The molecule has 0 radical (unpaired) electrons. The van der Waals surface area contributed by atoms with Crippen molar-refractivity contribution in [3.63, 3.8) is 0 Å². The van der Waals surface area contributed by atoms with E-state index in [0.29, 0.717) is 6.54 Å². The fourth-order valence-electron chi connectivity index (χ4n) is 2.30. The maximum Gasteiger partial charge on any atom is 0.152 e. The third-order valence-electron chi connectivity index (χ3n) is 3.17. The fraction of sp³-hybridized carbons (Fsp3) is 0.200. The standard InChI is InChI=1S/C15H15BrN4/c1-10-8-11(16)15(18-9-10)20-13-5-3-2-4-12(13)19-14(20)6-7-17/h2-5,8-9H,6-7,17H2,1H3. The van der Waals surface area contributed by atoms with Crippen molar-refractivity contribution in [2.24, 2.45) is 5.73 Å². The molecule has 4 nitrogen and oxygen atoms in total. The first-order valence-corrected chi connectivity index (χ1v) is 7.29. The Labute approximate surface area is 125 Å². The lowest BCUT2D eigenvalue weighted by Gasteiger charge is -2.10. The first kappa shape index (κ1) is 13.3. The Morgan fingerprint density at radius 2 is 2.10 bits per heavy atom. The normalized spacial score (nSPS) is 11.2. The van der Waals surface area contributed by atoms with Gasteiger partial charge < -0.3 is 5.73 Å². The molecule has 3 aromatic rings. The number of imidazole rings is 1. The number of aromatic nitrogens is 3. The number of fused-ring (bicyclic) bond motifs is 1. The fourth-order valence-corrected chi connectivity index (χ4v) is 2.94. The average molecular weight is 331 g/mol. The van der Waals surface area contributed by atoms with Crippen LogP contribution in [0, 0.1) is 6.92 Å². The van der Waals surface area contributed by atoms with Gasteiger partial charge in [0.2, 0.25) is 0 Å². The van der Waals surface area contributed by atoms with E-state index in [1.165, 1.54) is 0 Å². The molecule has 0 spiro atoms. The van der Waals surface area contributed by atoms with E-state index in [9.17, 15) is 0 Å². The summed E-state index contributed by atoms with van der Waals surface area (Å²) in [7, 11) is 0. The predicted octanol–water partition coefficient (Wildman–Crippen LogP) is 2.99. The zero-order valence-electron chi connectivity index (χ0n) is 11.2. The van der Waals surface area contributed by atoms with Crippen molar-refractivity contribution in [3.8, 4) is 5.82 Å². The zero-order valence-corrected chi connectivity index (χ0v) is 12.8. The molecule has 0 aliphatic carbocycles. The molecule has 2 heterocycles. The molecule has 2 N–H and O–H groups in total. The van der Waals surface area contributed by atoms with Crippen LogP contribution < -0.4 is 5.73 Å². The van der Waals surface area contributed by atoms with E-state index in [2.05, 4.69) is 42.6 Å². The second-order valence-electron chi connectivity index (χ2n) is 4.71. The summed E-state index contributed by atoms with van der Waals surface area (Å²) in [5, 5.41) is 0. The molecule has 0 amide bonds. The maximum atomic E-state index is 5.71. The molecule has 20 heavy (non-hydrogen) atoms. The van der Waals surface area contributed by atoms with Crippen LogP contribution in [0.2, 0.25) is 0 Å². The predicted molar refractivity (Wildman–Crippen MR) is 84.1 cm³/mol. The Bertz CT molecular complexity index is 764. The quantitative estimate of drug-likeness (QED) is 0.803. The molecule has 0 fully saturated rings. The van der Waals surface area contributed by atoms with E-state index < -0.39 is 0 Å². The van der Waals surface area contributed by atoms with Gasteiger partial charge in [0, 0.05) is 12.6 Å². The minimum atomic E-state index is 0.562. The topological polar surface area (TPSA) is 56.7 Å². The van der Waals surface area contributed by atoms with E-state index in [1.54, 1.807) is 0 Å². The van der Waals surface area contributed by atoms with Crippen molar-refractivity contribution in [3.05, 3.63) is 52.4 Å². The van der Waals surface area contributed by atoms with Crippen LogP contribution >= 0.6 is 15.9 Å². The highest BCUT2D eigenvalue weighted by Gasteiger charge is 2.14. The van der Waals surface area contributed by atoms with E-state index in [1.807, 2.05) is 31.3 Å². The zero-order chi connectivity index (χ0) is 14.1. The number of hydrogen-bond donors (Lipinski definition) is 1. The average Bonchev–Trinajstić information content (AvgIpc) is 2.78. The molecule has 0 saturated carbocycles. The monoisotopic (exact) mass is 330 g/mol. The molecule has 0 aliphatic heterocycles. The van der Waals surface area contributed by atoms with Gasteiger partial charge in [-0.05, 0) is 53.2 Å². The van der Waals surface area contributed by atoms with Crippen LogP contribution in [0.15, 0.2) is 41.0 Å². The van der Waals surface area contributed by atoms with Crippen molar-refractivity contribution < 1.29 is 0 Å². The van der Waals surface area contributed by atoms with Crippen LogP contribution in [-0.2, 0) is 6.42 Å². The third kappa shape index (κ3) is 2.23. The number of aryl methyl sites for hydroxylation is 1. The Hall–Kier alpha value is -1.72. The smallest absolute Gasteiger partial charge is 0.152 e. The second-order valence-corrected chi connectivity index (χ2v) is 5.56. The van der Waals surface area contributed by atoms with Crippen molar-refractivity contribution in [2.45, 2.75) is 13.3 Å². The molecule has 5 heteroatoms. The van der Waals surface area contributed by atoms with E-state index in [0.717, 1.165) is 39.1 Å². The molecule has 102 valence electrons. The third-order valence-corrected chi connectivity index (χ3v) is 3.75. The van der Waals surface area contributed by atoms with Gasteiger partial charge in [-0.2, -0.15) is 0 Å². The lowest BCUT2D eigenvalue weighted by Crippen LogP contribution is -2.10. The van der Waals surface area contributed by atoms with Crippen molar-refractivity contribution in [1.29, 1.82) is 0 Å². The van der Waals surface area contributed by atoms with E-state index in [-0.39, 0.29) is 0 Å². The maximum absolute atomic E-state index is 5.71. The number of para-hydroxylation sites is 2. The number of benzene rings is 1. The van der Waals surface area contributed by atoms with Crippen LogP contribution in [0.25, 0.3) is 16.9 Å². The lowest BCUT2D eigenvalue weighted by atomic mass is 10.3. The van der Waals surface area contributed by atoms with Crippen LogP contribution in [0.1, 0.15) is 11.4 Å². The van der Waals surface area contributed by atoms with Crippen molar-refractivity contribution in [2.75, 3.05) is 6.54 Å². The highest BCUT2D eigenvalue weighted by Crippen LogP contribution is 2.26. The molecule has 0 atom stereocenters. The van der Waals surface area contributed by atoms with Gasteiger partial charge in [-0.3, -0.25) is 4.57 Å². The summed E-state index contributed by atoms with van der Waals surface area (Å²) in [5.74, 6) is 1.79. The van der Waals surface area contributed by atoms with Gasteiger partial charge in [0.25, 0.3) is 0 Å². The number of nitrogens with zero attached hydrogens (tertiary/aromatic N) is 3. The van der Waals surface area contributed by atoms with Gasteiger partial charge in [-0.1, -0.05) is 12.1 Å². The summed E-state index contributed by atoms with van der Waals surface area (Å²) in [4.78, 5) is 9.21. The van der Waals surface area contributed by atoms with Crippen LogP contribution in [0.5, 0.6) is 0 Å². The van der Waals surface area contributed by atoms with Gasteiger partial charge in [0.15, 0.2) is 5.82 Å². The van der Waals surface area contributed by atoms with Gasteiger partial charge in [-0.25, -0.2) is 9.97 Å². The van der Waals surface area contributed by atoms with E-state index >= 15 is 0 Å². The highest BCUT2D eigenvalue weighted by atomic mass is 79.9. The van der Waals surface area contributed by atoms with E-state index in [4.69, 9.17) is 5.73 Å². The Balaban J connectivity index is 2.30. The molecular weight excluding hydrogens is 316 g/mol. The number of rotatable bonds is 3. The Morgan fingerprint density at radius 1 is 1.30 bits per heavy atom. The van der Waals surface area contributed by atoms with Gasteiger partial charge >= 0.3 is 0 Å². The molecule has 3 rings (SSSR count). The molecular formula is C15H15BrN4. The van der Waals surface area contributed by atoms with Crippen molar-refractivity contribution in [1.82, 2.24) is 14.5 Å². The SMILES string of the molecule is Cc1cnc(-n2c(CCN)nc3ccccc32)c(Br)c1. The first-order chi connectivity index (χ1) is 9.70. The number of nitrogens with two attached hydrogens (primary N) is 1. The molecule has 0 bridgehead atoms. The summed E-state index contributed by atoms with van der Waals surface area (Å²) in [6.07, 6.45) is 2.58. The van der Waals surface area contributed by atoms with Crippen molar-refractivity contribution >= 4 is 27.0 Å². The lowest BCUT2D eigenvalue weighted by molar-refractivity contribution is 0.832. The summed E-state index contributed by atoms with van der Waals surface area (Å²) in [6, 6.07) is 10.1. The molecule has 0 aliphatic rings. The molecule has 1 aromatic carbocycles. The number of halogens is 1.